The number of anilines is 1. The summed E-state index contributed by atoms with van der Waals surface area (Å²) in [7, 11) is 0. The monoisotopic (exact) mass is 406 g/mol. The number of rotatable bonds is 4. The number of halogens is 2. The molecule has 2 atom stereocenters. The Morgan fingerprint density at radius 1 is 1.19 bits per heavy atom. The predicted octanol–water partition coefficient (Wildman–Crippen LogP) is 4.72. The van der Waals surface area contributed by atoms with Crippen molar-refractivity contribution in [3.05, 3.63) is 64.9 Å². The van der Waals surface area contributed by atoms with Crippen molar-refractivity contribution >= 4 is 40.9 Å². The Hall–Kier alpha value is -2.05. The van der Waals surface area contributed by atoms with Crippen molar-refractivity contribution in [2.75, 3.05) is 11.1 Å². The molecule has 1 fully saturated rings. The number of hydrogen-bond donors (Lipinski definition) is 1. The molecule has 142 valence electrons. The highest BCUT2D eigenvalue weighted by Crippen LogP contribution is 2.44. The zero-order chi connectivity index (χ0) is 19.6. The van der Waals surface area contributed by atoms with Crippen molar-refractivity contribution in [1.29, 1.82) is 0 Å². The molecule has 0 aromatic heterocycles. The number of thioether (sulfide) groups is 1. The quantitative estimate of drug-likeness (QED) is 0.799. The highest BCUT2D eigenvalue weighted by atomic mass is 35.5. The van der Waals surface area contributed by atoms with Gasteiger partial charge in [-0.25, -0.2) is 4.39 Å². The number of nitrogens with zero attached hydrogens (tertiary/aromatic N) is 1. The van der Waals surface area contributed by atoms with Crippen LogP contribution in [0.2, 0.25) is 5.02 Å². The Labute approximate surface area is 167 Å². The van der Waals surface area contributed by atoms with Crippen LogP contribution in [0.5, 0.6) is 0 Å². The van der Waals surface area contributed by atoms with Crippen molar-refractivity contribution in [2.24, 2.45) is 5.92 Å². The Kier molecular flexibility index (Phi) is 6.07. The Balaban J connectivity index is 1.90. The standard InChI is InChI=1S/C20H20ClFN2O2S/c1-12(2)19(26)24-17(18(25)23-16-10-6-5-9-15(16)22)11-27-20(24)13-7-3-4-8-14(13)21/h3-10,12,17,20H,11H2,1-2H3,(H,23,25). The van der Waals surface area contributed by atoms with E-state index in [0.29, 0.717) is 10.8 Å². The summed E-state index contributed by atoms with van der Waals surface area (Å²) in [5, 5.41) is 2.80. The zero-order valence-corrected chi connectivity index (χ0v) is 16.6. The minimum Gasteiger partial charge on any atom is -0.322 e. The second-order valence-electron chi connectivity index (χ2n) is 6.59. The van der Waals surface area contributed by atoms with Crippen LogP contribution >= 0.6 is 23.4 Å². The lowest BCUT2D eigenvalue weighted by molar-refractivity contribution is -0.140. The molecule has 3 rings (SSSR count). The number of amides is 2. The molecule has 4 nitrogen and oxygen atoms in total. The normalized spacial score (nSPS) is 19.4. The van der Waals surface area contributed by atoms with Crippen LogP contribution in [0.25, 0.3) is 0 Å². The molecule has 1 N–H and O–H groups in total. The maximum atomic E-state index is 13.9. The van der Waals surface area contributed by atoms with E-state index in [0.717, 1.165) is 5.56 Å². The third-order valence-electron chi connectivity index (χ3n) is 4.35. The van der Waals surface area contributed by atoms with Gasteiger partial charge in [0.25, 0.3) is 0 Å². The van der Waals surface area contributed by atoms with Gasteiger partial charge in [-0.05, 0) is 18.2 Å². The van der Waals surface area contributed by atoms with E-state index in [4.69, 9.17) is 11.6 Å². The maximum absolute atomic E-state index is 13.9. The van der Waals surface area contributed by atoms with E-state index < -0.39 is 17.8 Å². The SMILES string of the molecule is CC(C)C(=O)N1C(C(=O)Nc2ccccc2F)CSC1c1ccccc1Cl. The van der Waals surface area contributed by atoms with Crippen LogP contribution < -0.4 is 5.32 Å². The fourth-order valence-corrected chi connectivity index (χ4v) is 4.75. The van der Waals surface area contributed by atoms with Gasteiger partial charge in [-0.3, -0.25) is 9.59 Å². The van der Waals surface area contributed by atoms with E-state index >= 15 is 0 Å². The molecule has 2 unspecified atom stereocenters. The number of hydrogen-bond acceptors (Lipinski definition) is 3. The fraction of sp³-hybridized carbons (Fsp3) is 0.300. The summed E-state index contributed by atoms with van der Waals surface area (Å²) in [5.74, 6) is -0.928. The number of para-hydroxylation sites is 1. The lowest BCUT2D eigenvalue weighted by Crippen LogP contribution is -2.47. The van der Waals surface area contributed by atoms with Crippen LogP contribution in [-0.4, -0.2) is 28.5 Å². The second-order valence-corrected chi connectivity index (χ2v) is 8.11. The molecule has 1 aliphatic heterocycles. The van der Waals surface area contributed by atoms with Crippen LogP contribution in [0.3, 0.4) is 0 Å². The number of benzene rings is 2. The van der Waals surface area contributed by atoms with E-state index in [1.807, 2.05) is 18.2 Å². The van der Waals surface area contributed by atoms with Crippen molar-refractivity contribution in [1.82, 2.24) is 4.90 Å². The Morgan fingerprint density at radius 3 is 2.52 bits per heavy atom. The van der Waals surface area contributed by atoms with Gasteiger partial charge < -0.3 is 10.2 Å². The summed E-state index contributed by atoms with van der Waals surface area (Å²) in [4.78, 5) is 27.3. The third kappa shape index (κ3) is 4.12. The molecule has 7 heteroatoms. The highest BCUT2D eigenvalue weighted by Gasteiger charge is 2.43. The Morgan fingerprint density at radius 2 is 1.85 bits per heavy atom. The molecule has 0 saturated carbocycles. The molecule has 27 heavy (non-hydrogen) atoms. The number of carbonyl (C=O) groups excluding carboxylic acids is 2. The largest absolute Gasteiger partial charge is 0.322 e. The minimum atomic E-state index is -0.703. The average molecular weight is 407 g/mol. The summed E-state index contributed by atoms with van der Waals surface area (Å²) in [6.45, 7) is 3.58. The van der Waals surface area contributed by atoms with E-state index in [1.165, 1.54) is 23.9 Å². The number of carbonyl (C=O) groups is 2. The van der Waals surface area contributed by atoms with Gasteiger partial charge in [-0.2, -0.15) is 0 Å². The van der Waals surface area contributed by atoms with Crippen LogP contribution in [0.1, 0.15) is 24.8 Å². The van der Waals surface area contributed by atoms with Gasteiger partial charge in [0.15, 0.2) is 0 Å². The van der Waals surface area contributed by atoms with Crippen LogP contribution in [0.15, 0.2) is 48.5 Å². The smallest absolute Gasteiger partial charge is 0.248 e. The molecule has 0 bridgehead atoms. The molecular formula is C20H20ClFN2O2S. The van der Waals surface area contributed by atoms with Crippen LogP contribution in [0.4, 0.5) is 10.1 Å². The van der Waals surface area contributed by atoms with Gasteiger partial charge in [0.1, 0.15) is 17.2 Å². The third-order valence-corrected chi connectivity index (χ3v) is 6.00. The first-order valence-electron chi connectivity index (χ1n) is 8.63. The fourth-order valence-electron chi connectivity index (χ4n) is 2.97. The van der Waals surface area contributed by atoms with Crippen LogP contribution in [0, 0.1) is 11.7 Å². The summed E-state index contributed by atoms with van der Waals surface area (Å²) < 4.78 is 13.9. The molecule has 1 aliphatic rings. The second kappa shape index (κ2) is 8.31. The van der Waals surface area contributed by atoms with Crippen molar-refractivity contribution in [3.63, 3.8) is 0 Å². The topological polar surface area (TPSA) is 49.4 Å². The average Bonchev–Trinajstić information content (AvgIpc) is 3.08. The van der Waals surface area contributed by atoms with E-state index in [2.05, 4.69) is 5.32 Å². The first-order valence-corrected chi connectivity index (χ1v) is 10.1. The number of nitrogens with one attached hydrogen (secondary N) is 1. The van der Waals surface area contributed by atoms with Gasteiger partial charge in [0, 0.05) is 22.3 Å². The zero-order valence-electron chi connectivity index (χ0n) is 15.0. The lowest BCUT2D eigenvalue weighted by atomic mass is 10.1. The molecule has 0 radical (unpaired) electrons. The molecular weight excluding hydrogens is 387 g/mol. The van der Waals surface area contributed by atoms with Gasteiger partial charge >= 0.3 is 0 Å². The highest BCUT2D eigenvalue weighted by molar-refractivity contribution is 7.99. The molecule has 0 spiro atoms. The minimum absolute atomic E-state index is 0.102. The lowest BCUT2D eigenvalue weighted by Gasteiger charge is -2.31. The summed E-state index contributed by atoms with van der Waals surface area (Å²) in [5.41, 5.74) is 0.894. The van der Waals surface area contributed by atoms with Crippen LogP contribution in [-0.2, 0) is 9.59 Å². The molecule has 2 amide bonds. The molecule has 0 aliphatic carbocycles. The molecule has 1 saturated heterocycles. The van der Waals surface area contributed by atoms with E-state index in [-0.39, 0.29) is 22.9 Å². The Bertz CT molecular complexity index is 861. The summed E-state index contributed by atoms with van der Waals surface area (Å²) in [6, 6.07) is 12.6. The summed E-state index contributed by atoms with van der Waals surface area (Å²) >= 11 is 7.81. The molecule has 2 aromatic rings. The predicted molar refractivity (Wildman–Crippen MR) is 107 cm³/mol. The molecule has 2 aromatic carbocycles. The summed E-state index contributed by atoms with van der Waals surface area (Å²) in [6.07, 6.45) is 0. The van der Waals surface area contributed by atoms with Crippen molar-refractivity contribution in [2.45, 2.75) is 25.3 Å². The maximum Gasteiger partial charge on any atom is 0.248 e. The van der Waals surface area contributed by atoms with E-state index in [9.17, 15) is 14.0 Å². The van der Waals surface area contributed by atoms with Crippen molar-refractivity contribution < 1.29 is 14.0 Å². The van der Waals surface area contributed by atoms with Gasteiger partial charge in [0.05, 0.1) is 5.69 Å². The van der Waals surface area contributed by atoms with Gasteiger partial charge in [-0.15, -0.1) is 11.8 Å². The van der Waals surface area contributed by atoms with Crippen molar-refractivity contribution in [3.8, 4) is 0 Å². The van der Waals surface area contributed by atoms with Gasteiger partial charge in [0.2, 0.25) is 11.8 Å². The first-order chi connectivity index (χ1) is 12.9. The molecule has 1 heterocycles. The first kappa shape index (κ1) is 19.7. The van der Waals surface area contributed by atoms with E-state index in [1.54, 1.807) is 36.9 Å². The van der Waals surface area contributed by atoms with Gasteiger partial charge in [-0.1, -0.05) is 55.8 Å².